The molecule has 0 aromatic heterocycles. The first-order valence-corrected chi connectivity index (χ1v) is 9.08. The predicted molar refractivity (Wildman–Crippen MR) is 104 cm³/mol. The summed E-state index contributed by atoms with van der Waals surface area (Å²) in [5.74, 6) is -1.37. The molecule has 0 heterocycles. The minimum atomic E-state index is -1.28. The highest BCUT2D eigenvalue weighted by Crippen LogP contribution is 2.02. The van der Waals surface area contributed by atoms with Gasteiger partial charge in [0.2, 0.25) is 5.91 Å². The first-order valence-electron chi connectivity index (χ1n) is 9.08. The minimum absolute atomic E-state index is 0.0205. The number of benzene rings is 2. The Balaban J connectivity index is 1.76. The summed E-state index contributed by atoms with van der Waals surface area (Å²) < 4.78 is 10.1. The van der Waals surface area contributed by atoms with Gasteiger partial charge in [0.25, 0.3) is 0 Å². The van der Waals surface area contributed by atoms with Gasteiger partial charge in [0.05, 0.1) is 6.10 Å². The molecule has 2 aromatic rings. The van der Waals surface area contributed by atoms with Crippen LogP contribution in [0.4, 0.5) is 4.79 Å². The fraction of sp³-hybridized carbons (Fsp3) is 0.286. The highest BCUT2D eigenvalue weighted by atomic mass is 16.5. The first kappa shape index (κ1) is 21.9. The molecule has 154 valence electrons. The number of esters is 1. The van der Waals surface area contributed by atoms with Gasteiger partial charge in [0.1, 0.15) is 25.8 Å². The van der Waals surface area contributed by atoms with E-state index in [0.717, 1.165) is 11.1 Å². The van der Waals surface area contributed by atoms with Crippen LogP contribution in [0, 0.1) is 0 Å². The number of aliphatic hydroxyl groups excluding tert-OH is 1. The minimum Gasteiger partial charge on any atom is -0.460 e. The van der Waals surface area contributed by atoms with Gasteiger partial charge in [0, 0.05) is 0 Å². The molecule has 0 aliphatic rings. The van der Waals surface area contributed by atoms with E-state index >= 15 is 0 Å². The van der Waals surface area contributed by atoms with Gasteiger partial charge < -0.3 is 25.2 Å². The van der Waals surface area contributed by atoms with E-state index in [1.165, 1.54) is 6.92 Å². The lowest BCUT2D eigenvalue weighted by Crippen LogP contribution is -2.53. The summed E-state index contributed by atoms with van der Waals surface area (Å²) >= 11 is 0. The molecule has 0 saturated carbocycles. The van der Waals surface area contributed by atoms with Crippen LogP contribution in [-0.2, 0) is 32.3 Å². The Morgan fingerprint density at radius 1 is 0.897 bits per heavy atom. The number of nitrogens with one attached hydrogen (secondary N) is 2. The maximum atomic E-state index is 12.2. The fourth-order valence-electron chi connectivity index (χ4n) is 2.36. The monoisotopic (exact) mass is 400 g/mol. The van der Waals surface area contributed by atoms with E-state index in [-0.39, 0.29) is 13.2 Å². The Kier molecular flexibility index (Phi) is 8.65. The van der Waals surface area contributed by atoms with Gasteiger partial charge in [-0.15, -0.1) is 0 Å². The summed E-state index contributed by atoms with van der Waals surface area (Å²) in [6.45, 7) is 1.05. The standard InChI is InChI=1S/C21H24N2O6/c1-15(24)19(23-21(27)29-14-17-10-6-3-7-11-17)20(26)22-12-18(25)28-13-16-8-4-2-5-9-16/h2-11,15,19,24H,12-14H2,1H3,(H,22,26)(H,23,27)/t15-,19-/m1/s1. The molecule has 2 amide bonds. The van der Waals surface area contributed by atoms with Crippen molar-refractivity contribution < 1.29 is 29.0 Å². The zero-order chi connectivity index (χ0) is 21.1. The van der Waals surface area contributed by atoms with Crippen LogP contribution in [0.5, 0.6) is 0 Å². The number of aliphatic hydroxyl groups is 1. The van der Waals surface area contributed by atoms with Crippen LogP contribution in [0.15, 0.2) is 60.7 Å². The van der Waals surface area contributed by atoms with Crippen LogP contribution >= 0.6 is 0 Å². The summed E-state index contributed by atoms with van der Waals surface area (Å²) in [5, 5.41) is 14.4. The molecule has 29 heavy (non-hydrogen) atoms. The molecule has 0 radical (unpaired) electrons. The van der Waals surface area contributed by atoms with Gasteiger partial charge in [-0.2, -0.15) is 0 Å². The molecular weight excluding hydrogens is 376 g/mol. The normalized spacial score (nSPS) is 12.3. The Hall–Kier alpha value is -3.39. The fourth-order valence-corrected chi connectivity index (χ4v) is 2.36. The SMILES string of the molecule is C[C@@H](O)[C@@H](NC(=O)OCc1ccccc1)C(=O)NCC(=O)OCc1ccccc1. The molecule has 0 aliphatic carbocycles. The predicted octanol–water partition coefficient (Wildman–Crippen LogP) is 1.52. The Morgan fingerprint density at radius 2 is 1.41 bits per heavy atom. The molecule has 0 fully saturated rings. The highest BCUT2D eigenvalue weighted by molar-refractivity contribution is 5.88. The van der Waals surface area contributed by atoms with E-state index in [9.17, 15) is 19.5 Å². The Labute approximate surface area is 168 Å². The molecule has 0 bridgehead atoms. The van der Waals surface area contributed by atoms with Crippen molar-refractivity contribution in [2.75, 3.05) is 6.54 Å². The summed E-state index contributed by atoms with van der Waals surface area (Å²) in [6.07, 6.45) is -2.05. The number of carbonyl (C=O) groups excluding carboxylic acids is 3. The number of amides is 2. The summed E-state index contributed by atoms with van der Waals surface area (Å²) in [5.41, 5.74) is 1.60. The van der Waals surface area contributed by atoms with Crippen molar-refractivity contribution in [1.82, 2.24) is 10.6 Å². The maximum absolute atomic E-state index is 12.2. The molecule has 0 spiro atoms. The van der Waals surface area contributed by atoms with E-state index in [1.807, 2.05) is 24.3 Å². The van der Waals surface area contributed by atoms with Crippen molar-refractivity contribution in [2.45, 2.75) is 32.3 Å². The van der Waals surface area contributed by atoms with Crippen LogP contribution in [-0.4, -0.2) is 41.8 Å². The average Bonchev–Trinajstić information content (AvgIpc) is 2.74. The zero-order valence-electron chi connectivity index (χ0n) is 16.0. The Bertz CT molecular complexity index is 795. The molecular formula is C21H24N2O6. The van der Waals surface area contributed by atoms with E-state index in [0.29, 0.717) is 0 Å². The maximum Gasteiger partial charge on any atom is 0.408 e. The van der Waals surface area contributed by atoms with Gasteiger partial charge in [-0.3, -0.25) is 9.59 Å². The molecule has 8 heteroatoms. The third kappa shape index (κ3) is 8.02. The molecule has 0 unspecified atom stereocenters. The largest absolute Gasteiger partial charge is 0.460 e. The third-order valence-corrected chi connectivity index (χ3v) is 3.90. The van der Waals surface area contributed by atoms with Gasteiger partial charge in [-0.05, 0) is 18.1 Å². The second-order valence-corrected chi connectivity index (χ2v) is 6.29. The second-order valence-electron chi connectivity index (χ2n) is 6.29. The van der Waals surface area contributed by atoms with Crippen molar-refractivity contribution in [2.24, 2.45) is 0 Å². The summed E-state index contributed by atoms with van der Waals surface area (Å²) in [7, 11) is 0. The Morgan fingerprint density at radius 3 is 1.93 bits per heavy atom. The highest BCUT2D eigenvalue weighted by Gasteiger charge is 2.26. The van der Waals surface area contributed by atoms with Gasteiger partial charge >= 0.3 is 12.1 Å². The van der Waals surface area contributed by atoms with Crippen molar-refractivity contribution in [3.63, 3.8) is 0 Å². The molecule has 2 atom stereocenters. The zero-order valence-corrected chi connectivity index (χ0v) is 16.0. The number of carbonyl (C=O) groups is 3. The molecule has 0 saturated heterocycles. The molecule has 2 rings (SSSR count). The first-order chi connectivity index (χ1) is 14.0. The van der Waals surface area contributed by atoms with Crippen LogP contribution in [0.25, 0.3) is 0 Å². The van der Waals surface area contributed by atoms with Crippen LogP contribution in [0.3, 0.4) is 0 Å². The van der Waals surface area contributed by atoms with Gasteiger partial charge in [-0.1, -0.05) is 60.7 Å². The van der Waals surface area contributed by atoms with E-state index in [2.05, 4.69) is 10.6 Å². The number of ether oxygens (including phenoxy) is 2. The molecule has 0 aliphatic heterocycles. The lowest BCUT2D eigenvalue weighted by atomic mass is 10.1. The summed E-state index contributed by atoms with van der Waals surface area (Å²) in [4.78, 5) is 35.9. The number of alkyl carbamates (subject to hydrolysis) is 1. The number of hydrogen-bond acceptors (Lipinski definition) is 6. The number of rotatable bonds is 9. The third-order valence-electron chi connectivity index (χ3n) is 3.90. The second kappa shape index (κ2) is 11.5. The lowest BCUT2D eigenvalue weighted by molar-refractivity contribution is -0.145. The van der Waals surface area contributed by atoms with Crippen molar-refractivity contribution >= 4 is 18.0 Å². The van der Waals surface area contributed by atoms with E-state index in [1.54, 1.807) is 36.4 Å². The molecule has 3 N–H and O–H groups in total. The van der Waals surface area contributed by atoms with Crippen molar-refractivity contribution in [1.29, 1.82) is 0 Å². The topological polar surface area (TPSA) is 114 Å². The van der Waals surface area contributed by atoms with Gasteiger partial charge in [-0.25, -0.2) is 4.79 Å². The van der Waals surface area contributed by atoms with Crippen LogP contribution in [0.2, 0.25) is 0 Å². The van der Waals surface area contributed by atoms with Crippen LogP contribution < -0.4 is 10.6 Å². The van der Waals surface area contributed by atoms with Crippen molar-refractivity contribution in [3.05, 3.63) is 71.8 Å². The van der Waals surface area contributed by atoms with E-state index in [4.69, 9.17) is 9.47 Å². The smallest absolute Gasteiger partial charge is 0.408 e. The number of hydrogen-bond donors (Lipinski definition) is 3. The summed E-state index contributed by atoms with van der Waals surface area (Å²) in [6, 6.07) is 16.8. The van der Waals surface area contributed by atoms with Gasteiger partial charge in [0.15, 0.2) is 0 Å². The quantitative estimate of drug-likeness (QED) is 0.550. The molecule has 8 nitrogen and oxygen atoms in total. The average molecular weight is 400 g/mol. The van der Waals surface area contributed by atoms with E-state index < -0.39 is 36.7 Å². The van der Waals surface area contributed by atoms with Crippen molar-refractivity contribution in [3.8, 4) is 0 Å². The lowest BCUT2D eigenvalue weighted by Gasteiger charge is -2.20. The molecule has 2 aromatic carbocycles. The van der Waals surface area contributed by atoms with Crippen LogP contribution in [0.1, 0.15) is 18.1 Å².